The van der Waals surface area contributed by atoms with Crippen molar-refractivity contribution in [3.63, 3.8) is 0 Å². The molecule has 2 aliphatic rings. The molecule has 0 unspecified atom stereocenters. The molecule has 1 aromatic heterocycles. The van der Waals surface area contributed by atoms with Crippen molar-refractivity contribution in [2.24, 2.45) is 0 Å². The van der Waals surface area contributed by atoms with Crippen molar-refractivity contribution in [1.29, 1.82) is 0 Å². The number of hydrogen-bond donors (Lipinski definition) is 2. The van der Waals surface area contributed by atoms with E-state index in [0.29, 0.717) is 6.54 Å². The first-order valence-electron chi connectivity index (χ1n) is 8.99. The Labute approximate surface area is 184 Å². The molecule has 0 spiro atoms. The first-order chi connectivity index (χ1) is 12.3. The van der Waals surface area contributed by atoms with Crippen molar-refractivity contribution in [2.75, 3.05) is 26.2 Å². The molecule has 1 saturated heterocycles. The largest absolute Gasteiger partial charge is 0.349 e. The highest BCUT2D eigenvalue weighted by atomic mass is 35.5. The first kappa shape index (κ1) is 24.7. The molecule has 1 aliphatic heterocycles. The van der Waals surface area contributed by atoms with Crippen LogP contribution in [0.2, 0.25) is 0 Å². The van der Waals surface area contributed by atoms with Gasteiger partial charge in [-0.25, -0.2) is 0 Å². The third kappa shape index (κ3) is 4.97. The maximum atomic E-state index is 13.3. The minimum atomic E-state index is -0.472. The van der Waals surface area contributed by atoms with E-state index in [9.17, 15) is 4.79 Å². The molecule has 0 atom stereocenters. The lowest BCUT2D eigenvalue weighted by Gasteiger charge is -2.42. The number of carbonyl (C=O) groups is 1. The molecule has 28 heavy (non-hydrogen) atoms. The number of halogens is 3. The summed E-state index contributed by atoms with van der Waals surface area (Å²) in [7, 11) is 0. The molecule has 1 fully saturated rings. The Balaban J connectivity index is 0.00000131. The van der Waals surface area contributed by atoms with Crippen LogP contribution >= 0.6 is 37.2 Å². The second-order valence-electron chi connectivity index (χ2n) is 6.89. The highest BCUT2D eigenvalue weighted by molar-refractivity contribution is 5.88. The minimum absolute atomic E-state index is 0. The number of nitrogens with one attached hydrogen (secondary N) is 2. The Kier molecular flexibility index (Phi) is 9.67. The van der Waals surface area contributed by atoms with E-state index in [1.54, 1.807) is 6.20 Å². The van der Waals surface area contributed by atoms with Gasteiger partial charge in [0.25, 0.3) is 0 Å². The van der Waals surface area contributed by atoms with Crippen molar-refractivity contribution in [3.8, 4) is 0 Å². The normalized spacial score (nSPS) is 17.3. The fourth-order valence-corrected chi connectivity index (χ4v) is 4.05. The second kappa shape index (κ2) is 11.0. The monoisotopic (exact) mass is 444 g/mol. The van der Waals surface area contributed by atoms with Gasteiger partial charge in [0.05, 0.1) is 12.2 Å². The number of piperazine rings is 1. The maximum absolute atomic E-state index is 13.3. The fraction of sp³-hybridized carbons (Fsp3) is 0.400. The van der Waals surface area contributed by atoms with Crippen molar-refractivity contribution in [3.05, 3.63) is 65.5 Å². The molecule has 2 N–H and O–H groups in total. The van der Waals surface area contributed by atoms with E-state index >= 15 is 0 Å². The summed E-state index contributed by atoms with van der Waals surface area (Å²) in [6.07, 6.45) is 3.34. The van der Waals surface area contributed by atoms with E-state index in [-0.39, 0.29) is 43.1 Å². The number of benzene rings is 1. The highest BCUT2D eigenvalue weighted by Gasteiger charge is 2.48. The predicted octanol–water partition coefficient (Wildman–Crippen LogP) is 2.41. The topological polar surface area (TPSA) is 57.3 Å². The van der Waals surface area contributed by atoms with Crippen LogP contribution in [0, 0.1) is 0 Å². The molecule has 1 amide bonds. The standard InChI is InChI=1S/C20H24N4O.3ClH/c25-19(23-15-18-7-3-4-8-22-18)20(24-11-9-21-10-12-24)13-16-5-1-2-6-17(16)14-20;;;/h1-8,21H,9-15H2,(H,23,25);3*1H. The molecule has 1 aromatic carbocycles. The summed E-state index contributed by atoms with van der Waals surface area (Å²) in [5.41, 5.74) is 3.02. The summed E-state index contributed by atoms with van der Waals surface area (Å²) in [6, 6.07) is 14.2. The molecule has 5 nitrogen and oxygen atoms in total. The Morgan fingerprint density at radius 1 is 1.00 bits per heavy atom. The quantitative estimate of drug-likeness (QED) is 0.759. The van der Waals surface area contributed by atoms with Gasteiger partial charge in [-0.15, -0.1) is 37.2 Å². The van der Waals surface area contributed by atoms with E-state index in [2.05, 4.69) is 44.8 Å². The van der Waals surface area contributed by atoms with Crippen molar-refractivity contribution >= 4 is 43.1 Å². The minimum Gasteiger partial charge on any atom is -0.349 e. The molecule has 4 rings (SSSR count). The van der Waals surface area contributed by atoms with E-state index in [0.717, 1.165) is 44.7 Å². The first-order valence-corrected chi connectivity index (χ1v) is 8.99. The number of pyridine rings is 1. The van der Waals surface area contributed by atoms with Gasteiger partial charge < -0.3 is 10.6 Å². The molecule has 0 saturated carbocycles. The van der Waals surface area contributed by atoms with Crippen LogP contribution in [0.5, 0.6) is 0 Å². The van der Waals surface area contributed by atoms with E-state index in [1.807, 2.05) is 18.2 Å². The van der Waals surface area contributed by atoms with E-state index in [4.69, 9.17) is 0 Å². The van der Waals surface area contributed by atoms with Crippen LogP contribution in [0.1, 0.15) is 16.8 Å². The zero-order chi connectivity index (χ0) is 17.1. The number of nitrogens with zero attached hydrogens (tertiary/aromatic N) is 2. The van der Waals surface area contributed by atoms with Gasteiger partial charge in [0.1, 0.15) is 5.54 Å². The van der Waals surface area contributed by atoms with Gasteiger partial charge in [0, 0.05) is 45.2 Å². The summed E-state index contributed by atoms with van der Waals surface area (Å²) < 4.78 is 0. The molecule has 0 bridgehead atoms. The van der Waals surface area contributed by atoms with Crippen LogP contribution in [0.15, 0.2) is 48.7 Å². The van der Waals surface area contributed by atoms with E-state index < -0.39 is 5.54 Å². The maximum Gasteiger partial charge on any atom is 0.241 e. The number of fused-ring (bicyclic) bond motifs is 1. The Hall–Kier alpha value is -1.37. The van der Waals surface area contributed by atoms with Gasteiger partial charge >= 0.3 is 0 Å². The van der Waals surface area contributed by atoms with E-state index in [1.165, 1.54) is 11.1 Å². The Bertz CT molecular complexity index is 729. The van der Waals surface area contributed by atoms with Crippen LogP contribution in [-0.2, 0) is 24.2 Å². The van der Waals surface area contributed by atoms with Gasteiger partial charge in [-0.05, 0) is 23.3 Å². The summed E-state index contributed by atoms with van der Waals surface area (Å²) in [5.74, 6) is 0.122. The lowest BCUT2D eigenvalue weighted by Crippen LogP contribution is -2.63. The second-order valence-corrected chi connectivity index (χ2v) is 6.89. The average molecular weight is 446 g/mol. The lowest BCUT2D eigenvalue weighted by molar-refractivity contribution is -0.134. The average Bonchev–Trinajstić information content (AvgIpc) is 3.08. The SMILES string of the molecule is Cl.Cl.Cl.O=C(NCc1ccccn1)C1(N2CCNCC2)Cc2ccccc2C1. The number of amides is 1. The Morgan fingerprint density at radius 2 is 1.61 bits per heavy atom. The summed E-state index contributed by atoms with van der Waals surface area (Å²) in [5, 5.41) is 6.54. The van der Waals surface area contributed by atoms with Gasteiger partial charge in [-0.1, -0.05) is 30.3 Å². The number of carbonyl (C=O) groups excluding carboxylic acids is 1. The van der Waals surface area contributed by atoms with Crippen LogP contribution in [0.25, 0.3) is 0 Å². The van der Waals surface area contributed by atoms with Crippen LogP contribution < -0.4 is 10.6 Å². The molecular weight excluding hydrogens is 419 g/mol. The van der Waals surface area contributed by atoms with Gasteiger partial charge in [0.2, 0.25) is 5.91 Å². The molecule has 0 radical (unpaired) electrons. The summed E-state index contributed by atoms with van der Waals surface area (Å²) in [4.78, 5) is 20.0. The number of rotatable bonds is 4. The molecule has 1 aliphatic carbocycles. The molecular formula is C20H27Cl3N4O. The van der Waals surface area contributed by atoms with Crippen molar-refractivity contribution < 1.29 is 4.79 Å². The molecule has 154 valence electrons. The third-order valence-electron chi connectivity index (χ3n) is 5.39. The Morgan fingerprint density at radius 3 is 2.18 bits per heavy atom. The summed E-state index contributed by atoms with van der Waals surface area (Å²) in [6.45, 7) is 4.16. The molecule has 2 aromatic rings. The zero-order valence-electron chi connectivity index (χ0n) is 15.6. The number of hydrogen-bond acceptors (Lipinski definition) is 4. The molecule has 8 heteroatoms. The predicted molar refractivity (Wildman–Crippen MR) is 119 cm³/mol. The molecule has 2 heterocycles. The van der Waals surface area contributed by atoms with Crippen LogP contribution in [-0.4, -0.2) is 47.5 Å². The lowest BCUT2D eigenvalue weighted by atomic mass is 9.91. The number of aromatic nitrogens is 1. The van der Waals surface area contributed by atoms with Gasteiger partial charge in [-0.2, -0.15) is 0 Å². The van der Waals surface area contributed by atoms with Crippen molar-refractivity contribution in [2.45, 2.75) is 24.9 Å². The van der Waals surface area contributed by atoms with Crippen LogP contribution in [0.3, 0.4) is 0 Å². The highest BCUT2D eigenvalue weighted by Crippen LogP contribution is 2.35. The fourth-order valence-electron chi connectivity index (χ4n) is 4.05. The van der Waals surface area contributed by atoms with Crippen LogP contribution in [0.4, 0.5) is 0 Å². The summed E-state index contributed by atoms with van der Waals surface area (Å²) >= 11 is 0. The zero-order valence-corrected chi connectivity index (χ0v) is 18.0. The smallest absolute Gasteiger partial charge is 0.241 e. The van der Waals surface area contributed by atoms with Crippen molar-refractivity contribution in [1.82, 2.24) is 20.5 Å². The van der Waals surface area contributed by atoms with Gasteiger partial charge in [-0.3, -0.25) is 14.7 Å². The van der Waals surface area contributed by atoms with Gasteiger partial charge in [0.15, 0.2) is 0 Å². The third-order valence-corrected chi connectivity index (χ3v) is 5.39.